The summed E-state index contributed by atoms with van der Waals surface area (Å²) in [5.41, 5.74) is 1.16. The maximum atomic E-state index is 12.0. The molecule has 1 N–H and O–H groups in total. The molecular weight excluding hydrogens is 298 g/mol. The number of rotatable bonds is 5. The molecule has 0 spiro atoms. The molecule has 4 nitrogen and oxygen atoms in total. The highest BCUT2D eigenvalue weighted by atomic mass is 35.5. The second-order valence-electron chi connectivity index (χ2n) is 6.34. The summed E-state index contributed by atoms with van der Waals surface area (Å²) in [5, 5.41) is 3.83. The van der Waals surface area contributed by atoms with Crippen LogP contribution in [0.1, 0.15) is 20.8 Å². The Kier molecular flexibility index (Phi) is 6.09. The molecule has 0 radical (unpaired) electrons. The van der Waals surface area contributed by atoms with Crippen molar-refractivity contribution in [3.05, 3.63) is 29.3 Å². The normalized spacial score (nSPS) is 17.6. The number of hydrogen-bond acceptors (Lipinski definition) is 3. The maximum absolute atomic E-state index is 12.0. The minimum Gasteiger partial charge on any atom is -0.369 e. The lowest BCUT2D eigenvalue weighted by Crippen LogP contribution is -2.50. The van der Waals surface area contributed by atoms with Gasteiger partial charge in [0.2, 0.25) is 5.91 Å². The number of piperazine rings is 1. The molecule has 0 unspecified atom stereocenters. The van der Waals surface area contributed by atoms with Gasteiger partial charge in [-0.25, -0.2) is 0 Å². The summed E-state index contributed by atoms with van der Waals surface area (Å²) in [6.45, 7) is 10.4. The van der Waals surface area contributed by atoms with Crippen LogP contribution in [-0.4, -0.2) is 49.6 Å². The largest absolute Gasteiger partial charge is 0.369 e. The van der Waals surface area contributed by atoms with Crippen LogP contribution in [0.15, 0.2) is 24.3 Å². The lowest BCUT2D eigenvalue weighted by atomic mass is 10.1. The molecule has 1 aliphatic heterocycles. The Morgan fingerprint density at radius 2 is 1.91 bits per heavy atom. The van der Waals surface area contributed by atoms with Crippen LogP contribution in [0.25, 0.3) is 0 Å². The highest BCUT2D eigenvalue weighted by Gasteiger charge is 2.20. The van der Waals surface area contributed by atoms with Crippen molar-refractivity contribution in [2.75, 3.05) is 37.6 Å². The third-order valence-corrected chi connectivity index (χ3v) is 4.54. The topological polar surface area (TPSA) is 35.6 Å². The Balaban J connectivity index is 1.79. The van der Waals surface area contributed by atoms with E-state index in [1.54, 1.807) is 0 Å². The number of benzene rings is 1. The van der Waals surface area contributed by atoms with Crippen LogP contribution >= 0.6 is 11.6 Å². The van der Waals surface area contributed by atoms with Crippen molar-refractivity contribution in [1.29, 1.82) is 0 Å². The van der Waals surface area contributed by atoms with E-state index in [4.69, 9.17) is 11.6 Å². The first-order valence-electron chi connectivity index (χ1n) is 7.98. The fraction of sp³-hybridized carbons (Fsp3) is 0.588. The number of nitrogens with zero attached hydrogens (tertiary/aromatic N) is 2. The van der Waals surface area contributed by atoms with Gasteiger partial charge in [0.25, 0.3) is 0 Å². The second-order valence-corrected chi connectivity index (χ2v) is 6.78. The van der Waals surface area contributed by atoms with Gasteiger partial charge < -0.3 is 10.2 Å². The van der Waals surface area contributed by atoms with E-state index in [9.17, 15) is 4.79 Å². The zero-order valence-electron chi connectivity index (χ0n) is 13.7. The van der Waals surface area contributed by atoms with Gasteiger partial charge in [-0.05, 0) is 31.0 Å². The SMILES string of the molecule is CC(C)[C@H](C)NC(=O)CN1CCN(c2cccc(Cl)c2)CC1. The van der Waals surface area contributed by atoms with Gasteiger partial charge in [0, 0.05) is 42.9 Å². The van der Waals surface area contributed by atoms with Gasteiger partial charge in [-0.1, -0.05) is 31.5 Å². The number of hydrogen-bond donors (Lipinski definition) is 1. The summed E-state index contributed by atoms with van der Waals surface area (Å²) in [6, 6.07) is 8.17. The Morgan fingerprint density at radius 1 is 1.23 bits per heavy atom. The Labute approximate surface area is 138 Å². The molecule has 1 amide bonds. The average Bonchev–Trinajstić information content (AvgIpc) is 2.47. The van der Waals surface area contributed by atoms with E-state index < -0.39 is 0 Å². The minimum atomic E-state index is 0.123. The van der Waals surface area contributed by atoms with Crippen molar-refractivity contribution in [3.63, 3.8) is 0 Å². The Hall–Kier alpha value is -1.26. The number of amides is 1. The molecule has 1 fully saturated rings. The van der Waals surface area contributed by atoms with Crippen LogP contribution in [0.2, 0.25) is 5.02 Å². The summed E-state index contributed by atoms with van der Waals surface area (Å²) in [7, 11) is 0. The van der Waals surface area contributed by atoms with Gasteiger partial charge in [-0.2, -0.15) is 0 Å². The molecule has 0 bridgehead atoms. The van der Waals surface area contributed by atoms with Crippen molar-refractivity contribution in [2.24, 2.45) is 5.92 Å². The zero-order valence-corrected chi connectivity index (χ0v) is 14.4. The molecule has 2 rings (SSSR count). The number of halogens is 1. The van der Waals surface area contributed by atoms with E-state index in [2.05, 4.69) is 42.0 Å². The van der Waals surface area contributed by atoms with Gasteiger partial charge in [0.1, 0.15) is 0 Å². The quantitative estimate of drug-likeness (QED) is 0.905. The summed E-state index contributed by atoms with van der Waals surface area (Å²) in [5.74, 6) is 0.584. The van der Waals surface area contributed by atoms with Crippen molar-refractivity contribution < 1.29 is 4.79 Å². The number of carbonyl (C=O) groups excluding carboxylic acids is 1. The lowest BCUT2D eigenvalue weighted by molar-refractivity contribution is -0.123. The monoisotopic (exact) mass is 323 g/mol. The van der Waals surface area contributed by atoms with E-state index in [1.807, 2.05) is 18.2 Å². The Bertz CT molecular complexity index is 498. The van der Waals surface area contributed by atoms with E-state index in [0.717, 1.165) is 36.9 Å². The maximum Gasteiger partial charge on any atom is 0.234 e. The zero-order chi connectivity index (χ0) is 16.1. The first-order valence-corrected chi connectivity index (χ1v) is 8.35. The molecule has 1 atom stereocenters. The molecule has 1 saturated heterocycles. The van der Waals surface area contributed by atoms with Crippen LogP contribution in [0.5, 0.6) is 0 Å². The fourth-order valence-corrected chi connectivity index (χ4v) is 2.69. The van der Waals surface area contributed by atoms with Crippen molar-refractivity contribution in [2.45, 2.75) is 26.8 Å². The van der Waals surface area contributed by atoms with Gasteiger partial charge in [-0.3, -0.25) is 9.69 Å². The molecule has 122 valence electrons. The molecule has 1 heterocycles. The smallest absolute Gasteiger partial charge is 0.234 e. The molecule has 5 heteroatoms. The molecule has 0 saturated carbocycles. The second kappa shape index (κ2) is 7.84. The minimum absolute atomic E-state index is 0.123. The van der Waals surface area contributed by atoms with Crippen molar-refractivity contribution in [1.82, 2.24) is 10.2 Å². The summed E-state index contributed by atoms with van der Waals surface area (Å²) >= 11 is 6.05. The van der Waals surface area contributed by atoms with Gasteiger partial charge >= 0.3 is 0 Å². The highest BCUT2D eigenvalue weighted by Crippen LogP contribution is 2.20. The van der Waals surface area contributed by atoms with Crippen molar-refractivity contribution >= 4 is 23.2 Å². The van der Waals surface area contributed by atoms with E-state index in [1.165, 1.54) is 0 Å². The molecule has 0 aromatic heterocycles. The van der Waals surface area contributed by atoms with Gasteiger partial charge in [0.15, 0.2) is 0 Å². The highest BCUT2D eigenvalue weighted by molar-refractivity contribution is 6.30. The standard InChI is InChI=1S/C17H26ClN3O/c1-13(2)14(3)19-17(22)12-20-7-9-21(10-8-20)16-6-4-5-15(18)11-16/h4-6,11,13-14H,7-10,12H2,1-3H3,(H,19,22)/t14-/m0/s1. The molecular formula is C17H26ClN3O. The van der Waals surface area contributed by atoms with Crippen LogP contribution < -0.4 is 10.2 Å². The molecule has 1 aromatic rings. The van der Waals surface area contributed by atoms with E-state index >= 15 is 0 Å². The molecule has 1 aliphatic rings. The third kappa shape index (κ3) is 4.89. The van der Waals surface area contributed by atoms with Crippen LogP contribution in [0.3, 0.4) is 0 Å². The average molecular weight is 324 g/mol. The molecule has 1 aromatic carbocycles. The molecule has 22 heavy (non-hydrogen) atoms. The number of nitrogens with one attached hydrogen (secondary N) is 1. The van der Waals surface area contributed by atoms with E-state index in [0.29, 0.717) is 12.5 Å². The first kappa shape index (κ1) is 17.1. The lowest BCUT2D eigenvalue weighted by Gasteiger charge is -2.36. The molecule has 0 aliphatic carbocycles. The predicted molar refractivity (Wildman–Crippen MR) is 92.5 cm³/mol. The summed E-state index contributed by atoms with van der Waals surface area (Å²) < 4.78 is 0. The Morgan fingerprint density at radius 3 is 2.50 bits per heavy atom. The fourth-order valence-electron chi connectivity index (χ4n) is 2.51. The predicted octanol–water partition coefficient (Wildman–Crippen LogP) is 2.62. The van der Waals surface area contributed by atoms with Gasteiger partial charge in [-0.15, -0.1) is 0 Å². The summed E-state index contributed by atoms with van der Waals surface area (Å²) in [6.07, 6.45) is 0. The third-order valence-electron chi connectivity index (χ3n) is 4.30. The van der Waals surface area contributed by atoms with Crippen molar-refractivity contribution in [3.8, 4) is 0 Å². The van der Waals surface area contributed by atoms with Crippen LogP contribution in [0, 0.1) is 5.92 Å². The van der Waals surface area contributed by atoms with Gasteiger partial charge in [0.05, 0.1) is 6.54 Å². The number of anilines is 1. The van der Waals surface area contributed by atoms with Crippen LogP contribution in [-0.2, 0) is 4.79 Å². The number of carbonyl (C=O) groups is 1. The first-order chi connectivity index (χ1) is 10.5. The summed E-state index contributed by atoms with van der Waals surface area (Å²) in [4.78, 5) is 16.6. The van der Waals surface area contributed by atoms with E-state index in [-0.39, 0.29) is 11.9 Å². The van der Waals surface area contributed by atoms with Crippen LogP contribution in [0.4, 0.5) is 5.69 Å².